The summed E-state index contributed by atoms with van der Waals surface area (Å²) < 4.78 is 8.23. The van der Waals surface area contributed by atoms with Crippen molar-refractivity contribution in [3.8, 4) is 11.5 Å². The van der Waals surface area contributed by atoms with Crippen molar-refractivity contribution in [3.63, 3.8) is 0 Å². The lowest BCUT2D eigenvalue weighted by Crippen LogP contribution is -1.87. The number of hydrogen-bond donors (Lipinski definition) is 0. The quantitative estimate of drug-likeness (QED) is 0.768. The minimum absolute atomic E-state index is 0.810. The molecule has 0 fully saturated rings. The Morgan fingerprint density at radius 3 is 2.69 bits per heavy atom. The van der Waals surface area contributed by atoms with Crippen LogP contribution in [0.15, 0.2) is 27.5 Å². The smallest absolute Gasteiger partial charge is 0.153 e. The van der Waals surface area contributed by atoms with Crippen LogP contribution in [-0.2, 0) is 7.05 Å². The second-order valence-electron chi connectivity index (χ2n) is 2.91. The van der Waals surface area contributed by atoms with Gasteiger partial charge in [-0.15, -0.1) is 0 Å². The minimum Gasteiger partial charge on any atom is -0.460 e. The van der Waals surface area contributed by atoms with E-state index >= 15 is 0 Å². The molecule has 13 heavy (non-hydrogen) atoms. The summed E-state index contributed by atoms with van der Waals surface area (Å²) in [5.41, 5.74) is 0.966. The second kappa shape index (κ2) is 3.03. The molecule has 0 N–H and O–H groups in total. The molecule has 0 spiro atoms. The molecule has 2 rings (SSSR count). The van der Waals surface area contributed by atoms with Gasteiger partial charge in [0.2, 0.25) is 0 Å². The Hall–Kier alpha value is -1.03. The third-order valence-corrected chi connectivity index (χ3v) is 2.45. The Morgan fingerprint density at radius 2 is 2.23 bits per heavy atom. The number of imidazole rings is 1. The van der Waals surface area contributed by atoms with Gasteiger partial charge in [0, 0.05) is 7.05 Å². The van der Waals surface area contributed by atoms with E-state index in [4.69, 9.17) is 4.42 Å². The molecule has 0 aliphatic carbocycles. The number of rotatable bonds is 1. The highest BCUT2D eigenvalue weighted by molar-refractivity contribution is 9.10. The first-order chi connectivity index (χ1) is 6.18. The number of nitrogens with zero attached hydrogens (tertiary/aromatic N) is 2. The first-order valence-corrected chi connectivity index (χ1v) is 4.71. The molecule has 0 saturated carbocycles. The summed E-state index contributed by atoms with van der Waals surface area (Å²) in [5, 5.41) is 0. The Labute approximate surface area is 84.5 Å². The van der Waals surface area contributed by atoms with Crippen LogP contribution in [0.3, 0.4) is 0 Å². The number of aromatic nitrogens is 2. The average molecular weight is 241 g/mol. The van der Waals surface area contributed by atoms with Gasteiger partial charge in [0.25, 0.3) is 0 Å². The van der Waals surface area contributed by atoms with Crippen LogP contribution >= 0.6 is 15.9 Å². The molecule has 0 aliphatic rings. The van der Waals surface area contributed by atoms with Crippen molar-refractivity contribution in [1.82, 2.24) is 9.55 Å². The van der Waals surface area contributed by atoms with E-state index in [1.165, 1.54) is 0 Å². The van der Waals surface area contributed by atoms with E-state index in [9.17, 15) is 0 Å². The number of aryl methyl sites for hydroxylation is 2. The molecule has 0 aliphatic heterocycles. The largest absolute Gasteiger partial charge is 0.460 e. The van der Waals surface area contributed by atoms with Crippen molar-refractivity contribution < 1.29 is 4.42 Å². The molecule has 0 atom stereocenters. The summed E-state index contributed by atoms with van der Waals surface area (Å²) in [6.07, 6.45) is 1.75. The molecule has 0 unspecified atom stereocenters. The fraction of sp³-hybridized carbons (Fsp3) is 0.222. The van der Waals surface area contributed by atoms with Crippen LogP contribution in [0, 0.1) is 6.92 Å². The van der Waals surface area contributed by atoms with Gasteiger partial charge in [-0.1, -0.05) is 0 Å². The van der Waals surface area contributed by atoms with Crippen LogP contribution in [-0.4, -0.2) is 9.55 Å². The standard InChI is InChI=1S/C9H9BrN2O/c1-6-3-4-7(13-6)8-9(10)11-5-12(8)2/h3-5H,1-2H3. The topological polar surface area (TPSA) is 31.0 Å². The molecule has 4 heteroatoms. The van der Waals surface area contributed by atoms with Crippen LogP contribution in [0.1, 0.15) is 5.76 Å². The van der Waals surface area contributed by atoms with E-state index in [-0.39, 0.29) is 0 Å². The SMILES string of the molecule is Cc1ccc(-c2c(Br)ncn2C)o1. The molecule has 0 radical (unpaired) electrons. The van der Waals surface area contributed by atoms with Crippen LogP contribution in [0.4, 0.5) is 0 Å². The van der Waals surface area contributed by atoms with Crippen molar-refractivity contribution >= 4 is 15.9 Å². The van der Waals surface area contributed by atoms with Gasteiger partial charge in [-0.3, -0.25) is 0 Å². The molecular weight excluding hydrogens is 232 g/mol. The zero-order valence-corrected chi connectivity index (χ0v) is 9.00. The van der Waals surface area contributed by atoms with E-state index in [2.05, 4.69) is 20.9 Å². The van der Waals surface area contributed by atoms with Crippen molar-refractivity contribution in [1.29, 1.82) is 0 Å². The van der Waals surface area contributed by atoms with Gasteiger partial charge >= 0.3 is 0 Å². The lowest BCUT2D eigenvalue weighted by molar-refractivity contribution is 0.543. The third kappa shape index (κ3) is 1.42. The normalized spacial score (nSPS) is 10.7. The van der Waals surface area contributed by atoms with E-state index in [1.807, 2.05) is 30.7 Å². The zero-order chi connectivity index (χ0) is 9.42. The lowest BCUT2D eigenvalue weighted by Gasteiger charge is -1.97. The Bertz CT molecular complexity index is 411. The fourth-order valence-corrected chi connectivity index (χ4v) is 1.81. The molecular formula is C9H9BrN2O. The van der Waals surface area contributed by atoms with Gasteiger partial charge in [0.15, 0.2) is 5.76 Å². The van der Waals surface area contributed by atoms with E-state index in [0.29, 0.717) is 0 Å². The van der Waals surface area contributed by atoms with Crippen LogP contribution < -0.4 is 0 Å². The minimum atomic E-state index is 0.810. The van der Waals surface area contributed by atoms with Gasteiger partial charge in [0.05, 0.1) is 6.33 Å². The average Bonchev–Trinajstić information content (AvgIpc) is 2.60. The first kappa shape index (κ1) is 8.56. The van der Waals surface area contributed by atoms with Gasteiger partial charge in [0.1, 0.15) is 16.1 Å². The van der Waals surface area contributed by atoms with Gasteiger partial charge in [-0.25, -0.2) is 4.98 Å². The summed E-state index contributed by atoms with van der Waals surface area (Å²) in [7, 11) is 1.94. The van der Waals surface area contributed by atoms with Crippen LogP contribution in [0.5, 0.6) is 0 Å². The predicted octanol–water partition coefficient (Wildman–Crippen LogP) is 2.75. The van der Waals surface area contributed by atoms with Crippen molar-refractivity contribution in [2.45, 2.75) is 6.92 Å². The van der Waals surface area contributed by atoms with Crippen molar-refractivity contribution in [2.24, 2.45) is 7.05 Å². The fourth-order valence-electron chi connectivity index (χ4n) is 1.24. The highest BCUT2D eigenvalue weighted by Gasteiger charge is 2.11. The van der Waals surface area contributed by atoms with Gasteiger partial charge < -0.3 is 8.98 Å². The monoisotopic (exact) mass is 240 g/mol. The Balaban J connectivity index is 2.57. The van der Waals surface area contributed by atoms with Crippen molar-refractivity contribution in [2.75, 3.05) is 0 Å². The highest BCUT2D eigenvalue weighted by Crippen LogP contribution is 2.27. The van der Waals surface area contributed by atoms with Crippen LogP contribution in [0.2, 0.25) is 0 Å². The molecule has 2 heterocycles. The number of halogens is 1. The number of furan rings is 1. The summed E-state index contributed by atoms with van der Waals surface area (Å²) in [5.74, 6) is 1.74. The summed E-state index contributed by atoms with van der Waals surface area (Å²) in [6.45, 7) is 1.92. The Morgan fingerprint density at radius 1 is 1.46 bits per heavy atom. The molecule has 2 aromatic heterocycles. The second-order valence-corrected chi connectivity index (χ2v) is 3.66. The summed E-state index contributed by atoms with van der Waals surface area (Å²) in [4.78, 5) is 4.12. The molecule has 0 aromatic carbocycles. The van der Waals surface area contributed by atoms with E-state index in [1.54, 1.807) is 6.33 Å². The maximum absolute atomic E-state index is 5.50. The van der Waals surface area contributed by atoms with Crippen molar-refractivity contribution in [3.05, 3.63) is 28.8 Å². The molecule has 0 saturated heterocycles. The first-order valence-electron chi connectivity index (χ1n) is 3.92. The Kier molecular flexibility index (Phi) is 2.00. The highest BCUT2D eigenvalue weighted by atomic mass is 79.9. The van der Waals surface area contributed by atoms with E-state index in [0.717, 1.165) is 21.8 Å². The molecule has 68 valence electrons. The molecule has 0 amide bonds. The molecule has 2 aromatic rings. The summed E-state index contributed by atoms with van der Waals surface area (Å²) in [6, 6.07) is 3.88. The number of hydrogen-bond acceptors (Lipinski definition) is 2. The summed E-state index contributed by atoms with van der Waals surface area (Å²) >= 11 is 3.37. The lowest BCUT2D eigenvalue weighted by atomic mass is 10.3. The van der Waals surface area contributed by atoms with E-state index < -0.39 is 0 Å². The maximum Gasteiger partial charge on any atom is 0.153 e. The van der Waals surface area contributed by atoms with Gasteiger partial charge in [-0.2, -0.15) is 0 Å². The van der Waals surface area contributed by atoms with Crippen LogP contribution in [0.25, 0.3) is 11.5 Å². The zero-order valence-electron chi connectivity index (χ0n) is 7.41. The predicted molar refractivity (Wildman–Crippen MR) is 53.3 cm³/mol. The molecule has 0 bridgehead atoms. The third-order valence-electron chi connectivity index (χ3n) is 1.87. The van der Waals surface area contributed by atoms with Gasteiger partial charge in [-0.05, 0) is 35.0 Å². The molecule has 3 nitrogen and oxygen atoms in total. The maximum atomic E-state index is 5.50.